The van der Waals surface area contributed by atoms with Gasteiger partial charge in [-0.15, -0.1) is 0 Å². The van der Waals surface area contributed by atoms with Gasteiger partial charge in [-0.2, -0.15) is 26.3 Å². The van der Waals surface area contributed by atoms with Crippen molar-refractivity contribution in [3.05, 3.63) is 57.6 Å². The van der Waals surface area contributed by atoms with Crippen molar-refractivity contribution >= 4 is 0 Å². The lowest BCUT2D eigenvalue weighted by molar-refractivity contribution is -0.288. The first-order chi connectivity index (χ1) is 16.3. The molecule has 0 amide bonds. The van der Waals surface area contributed by atoms with E-state index in [4.69, 9.17) is 18.9 Å². The van der Waals surface area contributed by atoms with Gasteiger partial charge in [-0.05, 0) is 35.4 Å². The molecule has 0 aliphatic carbocycles. The molecule has 0 radical (unpaired) electrons. The number of benzene rings is 2. The molecule has 2 aromatic rings. The van der Waals surface area contributed by atoms with Crippen LogP contribution in [0.4, 0.5) is 26.3 Å². The third kappa shape index (κ3) is 5.35. The SMILES string of the molecule is COCc1cc(C(c2cc(COC)c(O)c(COC)c2)(C(F)(F)F)C(F)(F)F)cc(COC)c1O. The number of phenolic OH excluding ortho intramolecular Hbond substituents is 2. The van der Waals surface area contributed by atoms with Gasteiger partial charge in [0.05, 0.1) is 26.4 Å². The van der Waals surface area contributed by atoms with E-state index in [2.05, 4.69) is 0 Å². The summed E-state index contributed by atoms with van der Waals surface area (Å²) < 4.78 is 108. The summed E-state index contributed by atoms with van der Waals surface area (Å²) in [5, 5.41) is 20.8. The summed E-state index contributed by atoms with van der Waals surface area (Å²) in [6, 6.07) is 2.44. The Morgan fingerprint density at radius 2 is 0.771 bits per heavy atom. The van der Waals surface area contributed by atoms with E-state index in [0.29, 0.717) is 24.3 Å². The summed E-state index contributed by atoms with van der Waals surface area (Å²) in [6.07, 6.45) is -11.8. The minimum Gasteiger partial charge on any atom is -0.507 e. The van der Waals surface area contributed by atoms with Crippen LogP contribution in [0.1, 0.15) is 33.4 Å². The second-order valence-corrected chi connectivity index (χ2v) is 7.76. The van der Waals surface area contributed by atoms with Crippen molar-refractivity contribution in [2.75, 3.05) is 28.4 Å². The Hall–Kier alpha value is -2.54. The average Bonchev–Trinajstić information content (AvgIpc) is 2.73. The van der Waals surface area contributed by atoms with Gasteiger partial charge < -0.3 is 29.2 Å². The van der Waals surface area contributed by atoms with Crippen LogP contribution in [0, 0.1) is 0 Å². The topological polar surface area (TPSA) is 77.4 Å². The first-order valence-electron chi connectivity index (χ1n) is 10.1. The summed E-state index contributed by atoms with van der Waals surface area (Å²) in [6.45, 7) is -1.83. The molecule has 0 aliphatic rings. The van der Waals surface area contributed by atoms with Crippen molar-refractivity contribution in [1.29, 1.82) is 0 Å². The fraction of sp³-hybridized carbons (Fsp3) is 0.478. The highest BCUT2D eigenvalue weighted by Crippen LogP contribution is 2.57. The number of aromatic hydroxyl groups is 2. The van der Waals surface area contributed by atoms with Gasteiger partial charge in [-0.3, -0.25) is 0 Å². The summed E-state index contributed by atoms with van der Waals surface area (Å²) >= 11 is 0. The van der Waals surface area contributed by atoms with Gasteiger partial charge >= 0.3 is 12.4 Å². The van der Waals surface area contributed by atoms with Crippen LogP contribution in [0.5, 0.6) is 11.5 Å². The number of halogens is 6. The standard InChI is InChI=1S/C23H26F6O6/c1-32-9-13-5-17(6-14(10-33-2)19(13)30)21(22(24,25)26,23(27,28)29)18-7-15(11-34-3)20(31)16(8-18)12-35-4/h5-8,30-31H,9-12H2,1-4H3. The summed E-state index contributed by atoms with van der Waals surface area (Å²) in [7, 11) is 4.71. The number of hydrogen-bond donors (Lipinski definition) is 2. The van der Waals surface area contributed by atoms with Crippen LogP contribution in [0.2, 0.25) is 0 Å². The van der Waals surface area contributed by atoms with E-state index in [1.165, 1.54) is 28.4 Å². The summed E-state index contributed by atoms with van der Waals surface area (Å²) in [4.78, 5) is 0. The lowest BCUT2D eigenvalue weighted by Crippen LogP contribution is -2.55. The molecule has 0 fully saturated rings. The number of rotatable bonds is 10. The molecule has 0 aromatic heterocycles. The first kappa shape index (κ1) is 28.7. The second-order valence-electron chi connectivity index (χ2n) is 7.76. The molecular weight excluding hydrogens is 486 g/mol. The molecule has 12 heteroatoms. The molecular formula is C23H26F6O6. The van der Waals surface area contributed by atoms with Crippen molar-refractivity contribution in [2.24, 2.45) is 0 Å². The number of hydrogen-bond acceptors (Lipinski definition) is 6. The number of phenols is 2. The Labute approximate surface area is 198 Å². The van der Waals surface area contributed by atoms with Crippen molar-refractivity contribution in [3.63, 3.8) is 0 Å². The highest BCUT2D eigenvalue weighted by Gasteiger charge is 2.72. The van der Waals surface area contributed by atoms with Crippen LogP contribution in [0.3, 0.4) is 0 Å². The largest absolute Gasteiger partial charge is 0.507 e. The van der Waals surface area contributed by atoms with Gasteiger partial charge in [0.1, 0.15) is 11.5 Å². The molecule has 0 saturated carbocycles. The number of ether oxygens (including phenoxy) is 4. The molecule has 0 atom stereocenters. The number of alkyl halides is 6. The molecule has 0 heterocycles. The molecule has 0 unspecified atom stereocenters. The van der Waals surface area contributed by atoms with Crippen LogP contribution in [-0.4, -0.2) is 51.0 Å². The monoisotopic (exact) mass is 512 g/mol. The van der Waals surface area contributed by atoms with Gasteiger partial charge in [0.15, 0.2) is 0 Å². The zero-order chi connectivity index (χ0) is 26.6. The quantitative estimate of drug-likeness (QED) is 0.432. The summed E-state index contributed by atoms with van der Waals surface area (Å²) in [5.74, 6) is -1.08. The number of methoxy groups -OCH3 is 4. The molecule has 2 rings (SSSR count). The molecule has 0 spiro atoms. The van der Waals surface area contributed by atoms with E-state index in [1.54, 1.807) is 0 Å². The van der Waals surface area contributed by atoms with Crippen LogP contribution < -0.4 is 0 Å². The van der Waals surface area contributed by atoms with Crippen LogP contribution in [-0.2, 0) is 50.8 Å². The van der Waals surface area contributed by atoms with Crippen molar-refractivity contribution < 1.29 is 55.5 Å². The van der Waals surface area contributed by atoms with Gasteiger partial charge in [0, 0.05) is 50.7 Å². The van der Waals surface area contributed by atoms with Crippen molar-refractivity contribution in [3.8, 4) is 11.5 Å². The van der Waals surface area contributed by atoms with Gasteiger partial charge in [0.25, 0.3) is 0 Å². The Morgan fingerprint density at radius 3 is 0.943 bits per heavy atom. The molecule has 2 aromatic carbocycles. The fourth-order valence-electron chi connectivity index (χ4n) is 4.00. The van der Waals surface area contributed by atoms with E-state index in [1.807, 2.05) is 0 Å². The van der Waals surface area contributed by atoms with Crippen LogP contribution >= 0.6 is 0 Å². The minimum absolute atomic E-state index is 0.289. The van der Waals surface area contributed by atoms with Gasteiger partial charge in [0.2, 0.25) is 5.41 Å². The molecule has 0 bridgehead atoms. The van der Waals surface area contributed by atoms with Crippen LogP contribution in [0.15, 0.2) is 24.3 Å². The van der Waals surface area contributed by atoms with Gasteiger partial charge in [-0.25, -0.2) is 0 Å². The first-order valence-corrected chi connectivity index (χ1v) is 10.1. The van der Waals surface area contributed by atoms with E-state index in [-0.39, 0.29) is 22.3 Å². The zero-order valence-corrected chi connectivity index (χ0v) is 19.4. The van der Waals surface area contributed by atoms with E-state index in [9.17, 15) is 36.6 Å². The molecule has 0 aliphatic heterocycles. The predicted molar refractivity (Wildman–Crippen MR) is 112 cm³/mol. The highest BCUT2D eigenvalue weighted by molar-refractivity contribution is 5.55. The Kier molecular flexibility index (Phi) is 9.04. The smallest absolute Gasteiger partial charge is 0.411 e. The average molecular weight is 512 g/mol. The van der Waals surface area contributed by atoms with Crippen molar-refractivity contribution in [2.45, 2.75) is 44.2 Å². The summed E-state index contributed by atoms with van der Waals surface area (Å²) in [5.41, 5.74) is -8.10. The molecule has 2 N–H and O–H groups in total. The third-order valence-corrected chi connectivity index (χ3v) is 5.45. The normalized spacial score (nSPS) is 12.9. The highest BCUT2D eigenvalue weighted by atomic mass is 19.4. The second kappa shape index (κ2) is 11.0. The minimum atomic E-state index is -5.90. The Bertz CT molecular complexity index is 883. The van der Waals surface area contributed by atoms with Gasteiger partial charge in [-0.1, -0.05) is 0 Å². The lowest BCUT2D eigenvalue weighted by Gasteiger charge is -2.39. The third-order valence-electron chi connectivity index (χ3n) is 5.45. The maximum absolute atomic E-state index is 14.7. The Balaban J connectivity index is 3.10. The molecule has 0 saturated heterocycles. The lowest BCUT2D eigenvalue weighted by atomic mass is 9.71. The fourth-order valence-corrected chi connectivity index (χ4v) is 4.00. The van der Waals surface area contributed by atoms with E-state index < -0.39 is 66.8 Å². The molecule has 6 nitrogen and oxygen atoms in total. The Morgan fingerprint density at radius 1 is 0.543 bits per heavy atom. The van der Waals surface area contributed by atoms with E-state index >= 15 is 0 Å². The van der Waals surface area contributed by atoms with E-state index in [0.717, 1.165) is 0 Å². The van der Waals surface area contributed by atoms with Crippen LogP contribution in [0.25, 0.3) is 0 Å². The maximum Gasteiger partial charge on any atom is 0.411 e. The predicted octanol–water partition coefficient (Wildman–Crippen LogP) is 5.09. The van der Waals surface area contributed by atoms with Crippen molar-refractivity contribution in [1.82, 2.24) is 0 Å². The zero-order valence-electron chi connectivity index (χ0n) is 19.4. The maximum atomic E-state index is 14.7. The molecule has 35 heavy (non-hydrogen) atoms. The molecule has 196 valence electrons.